The Hall–Kier alpha value is -2.54. The summed E-state index contributed by atoms with van der Waals surface area (Å²) < 4.78 is 10.5. The van der Waals surface area contributed by atoms with E-state index in [4.69, 9.17) is 15.3 Å². The number of aromatic nitrogens is 2. The number of nitrogens with two attached hydrogens (primary N) is 1. The SMILES string of the molecule is COc1cc(Nc2ncnc(NN)c2C)cc(OC)c1. The van der Waals surface area contributed by atoms with Crippen LogP contribution in [-0.4, -0.2) is 24.2 Å². The van der Waals surface area contributed by atoms with Gasteiger partial charge in [-0.05, 0) is 6.92 Å². The number of anilines is 3. The van der Waals surface area contributed by atoms with Gasteiger partial charge in [0.05, 0.1) is 14.2 Å². The van der Waals surface area contributed by atoms with E-state index in [1.54, 1.807) is 20.3 Å². The first-order valence-electron chi connectivity index (χ1n) is 5.96. The molecule has 0 saturated heterocycles. The lowest BCUT2D eigenvalue weighted by Gasteiger charge is -2.13. The molecular formula is C13H17N5O2. The molecule has 1 aromatic heterocycles. The number of nitrogen functional groups attached to an aromatic ring is 1. The van der Waals surface area contributed by atoms with Crippen LogP contribution >= 0.6 is 0 Å². The fraction of sp³-hybridized carbons (Fsp3) is 0.231. The number of nitrogens with zero attached hydrogens (tertiary/aromatic N) is 2. The normalized spacial score (nSPS) is 10.0. The van der Waals surface area contributed by atoms with E-state index in [1.807, 2.05) is 19.1 Å². The summed E-state index contributed by atoms with van der Waals surface area (Å²) in [5.41, 5.74) is 4.14. The summed E-state index contributed by atoms with van der Waals surface area (Å²) in [4.78, 5) is 8.22. The van der Waals surface area contributed by atoms with Crippen LogP contribution in [-0.2, 0) is 0 Å². The number of benzene rings is 1. The monoisotopic (exact) mass is 275 g/mol. The zero-order valence-electron chi connectivity index (χ0n) is 11.6. The van der Waals surface area contributed by atoms with Gasteiger partial charge in [0.2, 0.25) is 0 Å². The van der Waals surface area contributed by atoms with Crippen LogP contribution in [0.5, 0.6) is 11.5 Å². The molecule has 1 heterocycles. The van der Waals surface area contributed by atoms with E-state index < -0.39 is 0 Å². The smallest absolute Gasteiger partial charge is 0.148 e. The van der Waals surface area contributed by atoms with Crippen molar-refractivity contribution in [2.24, 2.45) is 5.84 Å². The van der Waals surface area contributed by atoms with Crippen molar-refractivity contribution in [3.05, 3.63) is 30.1 Å². The molecule has 106 valence electrons. The third-order valence-corrected chi connectivity index (χ3v) is 2.83. The molecule has 0 aliphatic heterocycles. The highest BCUT2D eigenvalue weighted by Crippen LogP contribution is 2.29. The molecule has 7 nitrogen and oxygen atoms in total. The molecule has 2 rings (SSSR count). The highest BCUT2D eigenvalue weighted by atomic mass is 16.5. The molecule has 0 radical (unpaired) electrons. The van der Waals surface area contributed by atoms with Gasteiger partial charge in [-0.15, -0.1) is 0 Å². The van der Waals surface area contributed by atoms with Crippen LogP contribution in [0, 0.1) is 6.92 Å². The Morgan fingerprint density at radius 3 is 2.15 bits per heavy atom. The minimum absolute atomic E-state index is 0.567. The second-order valence-corrected chi connectivity index (χ2v) is 4.07. The average Bonchev–Trinajstić information content (AvgIpc) is 2.49. The van der Waals surface area contributed by atoms with Crippen molar-refractivity contribution in [2.75, 3.05) is 25.0 Å². The predicted molar refractivity (Wildman–Crippen MR) is 77.4 cm³/mol. The Labute approximate surface area is 117 Å². The van der Waals surface area contributed by atoms with Crippen molar-refractivity contribution in [1.82, 2.24) is 9.97 Å². The number of hydrogen-bond donors (Lipinski definition) is 3. The number of rotatable bonds is 5. The Bertz CT molecular complexity index is 581. The van der Waals surface area contributed by atoms with Gasteiger partial charge in [0.25, 0.3) is 0 Å². The predicted octanol–water partition coefficient (Wildman–Crippen LogP) is 1.83. The van der Waals surface area contributed by atoms with Gasteiger partial charge in [-0.1, -0.05) is 0 Å². The fourth-order valence-electron chi connectivity index (χ4n) is 1.74. The van der Waals surface area contributed by atoms with Crippen LogP contribution in [0.1, 0.15) is 5.56 Å². The van der Waals surface area contributed by atoms with E-state index in [9.17, 15) is 0 Å². The minimum atomic E-state index is 0.567. The van der Waals surface area contributed by atoms with Gasteiger partial charge >= 0.3 is 0 Å². The molecule has 0 amide bonds. The third-order valence-electron chi connectivity index (χ3n) is 2.83. The molecule has 2 aromatic rings. The zero-order valence-corrected chi connectivity index (χ0v) is 11.6. The van der Waals surface area contributed by atoms with Gasteiger partial charge in [0, 0.05) is 29.4 Å². The fourth-order valence-corrected chi connectivity index (χ4v) is 1.74. The summed E-state index contributed by atoms with van der Waals surface area (Å²) >= 11 is 0. The molecule has 0 saturated carbocycles. The maximum atomic E-state index is 5.40. The second kappa shape index (κ2) is 6.07. The van der Waals surface area contributed by atoms with E-state index in [2.05, 4.69) is 20.7 Å². The molecule has 7 heteroatoms. The van der Waals surface area contributed by atoms with E-state index >= 15 is 0 Å². The van der Waals surface area contributed by atoms with E-state index in [-0.39, 0.29) is 0 Å². The van der Waals surface area contributed by atoms with Crippen LogP contribution in [0.15, 0.2) is 24.5 Å². The number of ether oxygens (including phenoxy) is 2. The van der Waals surface area contributed by atoms with Crippen LogP contribution in [0.2, 0.25) is 0 Å². The Morgan fingerprint density at radius 2 is 1.60 bits per heavy atom. The number of methoxy groups -OCH3 is 2. The summed E-state index contributed by atoms with van der Waals surface area (Å²) in [7, 11) is 3.20. The molecule has 0 fully saturated rings. The topological polar surface area (TPSA) is 94.3 Å². The van der Waals surface area contributed by atoms with Crippen molar-refractivity contribution in [3.63, 3.8) is 0 Å². The van der Waals surface area contributed by atoms with Gasteiger partial charge < -0.3 is 20.2 Å². The number of nitrogens with one attached hydrogen (secondary N) is 2. The summed E-state index contributed by atoms with van der Waals surface area (Å²) in [6, 6.07) is 5.49. The first kappa shape index (κ1) is 13.9. The molecule has 0 spiro atoms. The first-order valence-corrected chi connectivity index (χ1v) is 5.96. The highest BCUT2D eigenvalue weighted by Gasteiger charge is 2.08. The third kappa shape index (κ3) is 2.89. The Morgan fingerprint density at radius 1 is 1.00 bits per heavy atom. The van der Waals surface area contributed by atoms with Gasteiger partial charge in [-0.2, -0.15) is 0 Å². The Kier molecular flexibility index (Phi) is 4.21. The lowest BCUT2D eigenvalue weighted by atomic mass is 10.2. The molecule has 0 aliphatic rings. The van der Waals surface area contributed by atoms with Crippen molar-refractivity contribution in [1.29, 1.82) is 0 Å². The minimum Gasteiger partial charge on any atom is -0.497 e. The quantitative estimate of drug-likeness (QED) is 0.566. The van der Waals surface area contributed by atoms with E-state index in [1.165, 1.54) is 6.33 Å². The largest absolute Gasteiger partial charge is 0.497 e. The van der Waals surface area contributed by atoms with Crippen molar-refractivity contribution in [2.45, 2.75) is 6.92 Å². The lowest BCUT2D eigenvalue weighted by molar-refractivity contribution is 0.395. The van der Waals surface area contributed by atoms with Crippen LogP contribution < -0.4 is 26.1 Å². The van der Waals surface area contributed by atoms with E-state index in [0.717, 1.165) is 11.3 Å². The molecule has 1 aromatic carbocycles. The molecule has 20 heavy (non-hydrogen) atoms. The number of hydrogen-bond acceptors (Lipinski definition) is 7. The van der Waals surface area contributed by atoms with Gasteiger partial charge in [-0.3, -0.25) is 0 Å². The first-order chi connectivity index (χ1) is 9.67. The van der Waals surface area contributed by atoms with Crippen molar-refractivity contribution >= 4 is 17.3 Å². The molecule has 0 unspecified atom stereocenters. The molecule has 4 N–H and O–H groups in total. The second-order valence-electron chi connectivity index (χ2n) is 4.07. The Balaban J connectivity index is 2.34. The highest BCUT2D eigenvalue weighted by molar-refractivity contribution is 5.66. The lowest BCUT2D eigenvalue weighted by Crippen LogP contribution is -2.11. The van der Waals surface area contributed by atoms with Crippen LogP contribution in [0.25, 0.3) is 0 Å². The summed E-state index contributed by atoms with van der Waals surface area (Å²) in [5.74, 6) is 8.00. The number of hydrazine groups is 1. The molecule has 0 aliphatic carbocycles. The standard InChI is InChI=1S/C13H17N5O2/c1-8-12(15-7-16-13(8)18-14)17-9-4-10(19-2)6-11(5-9)20-3/h4-7H,14H2,1-3H3,(H2,15,16,17,18). The van der Waals surface area contributed by atoms with E-state index in [0.29, 0.717) is 23.1 Å². The van der Waals surface area contributed by atoms with Gasteiger partial charge in [-0.25, -0.2) is 15.8 Å². The van der Waals surface area contributed by atoms with Crippen molar-refractivity contribution in [3.8, 4) is 11.5 Å². The summed E-state index contributed by atoms with van der Waals surface area (Å²) in [6.45, 7) is 1.87. The molecular weight excluding hydrogens is 258 g/mol. The maximum Gasteiger partial charge on any atom is 0.148 e. The zero-order chi connectivity index (χ0) is 14.5. The van der Waals surface area contributed by atoms with Crippen LogP contribution in [0.3, 0.4) is 0 Å². The maximum absolute atomic E-state index is 5.40. The summed E-state index contributed by atoms with van der Waals surface area (Å²) in [6.07, 6.45) is 1.43. The average molecular weight is 275 g/mol. The van der Waals surface area contributed by atoms with Crippen molar-refractivity contribution < 1.29 is 9.47 Å². The summed E-state index contributed by atoms with van der Waals surface area (Å²) in [5, 5.41) is 3.19. The van der Waals surface area contributed by atoms with Crippen LogP contribution in [0.4, 0.5) is 17.3 Å². The molecule has 0 bridgehead atoms. The molecule has 0 atom stereocenters. The van der Waals surface area contributed by atoms with Gasteiger partial charge in [0.1, 0.15) is 29.5 Å². The van der Waals surface area contributed by atoms with Gasteiger partial charge in [0.15, 0.2) is 0 Å².